The van der Waals surface area contributed by atoms with Gasteiger partial charge in [-0.1, -0.05) is 42.8 Å². The highest BCUT2D eigenvalue weighted by Crippen LogP contribution is 2.33. The molecule has 0 saturated carbocycles. The summed E-state index contributed by atoms with van der Waals surface area (Å²) in [5.74, 6) is -0.933. The molecule has 2 N–H and O–H groups in total. The van der Waals surface area contributed by atoms with Crippen molar-refractivity contribution in [1.29, 1.82) is 0 Å². The van der Waals surface area contributed by atoms with E-state index in [-0.39, 0.29) is 11.6 Å². The van der Waals surface area contributed by atoms with Crippen LogP contribution in [0.3, 0.4) is 0 Å². The molecular formula is C22H17ClFN2O. The van der Waals surface area contributed by atoms with Gasteiger partial charge in [-0.15, -0.1) is 0 Å². The van der Waals surface area contributed by atoms with Crippen molar-refractivity contribution in [1.82, 2.24) is 4.57 Å². The Kier molecular flexibility index (Phi) is 4.36. The first kappa shape index (κ1) is 17.6. The number of aryl methyl sites for hydroxylation is 1. The highest BCUT2D eigenvalue weighted by molar-refractivity contribution is 6.30. The van der Waals surface area contributed by atoms with Crippen LogP contribution in [0.25, 0.3) is 21.8 Å². The lowest BCUT2D eigenvalue weighted by molar-refractivity contribution is 0.100. The molecular weight excluding hydrogens is 363 g/mol. The molecule has 0 saturated heterocycles. The van der Waals surface area contributed by atoms with Crippen molar-refractivity contribution >= 4 is 39.3 Å². The molecule has 1 heterocycles. The van der Waals surface area contributed by atoms with Gasteiger partial charge in [-0.05, 0) is 42.3 Å². The summed E-state index contributed by atoms with van der Waals surface area (Å²) >= 11 is 5.95. The number of hydrogen-bond donors (Lipinski definition) is 1. The Morgan fingerprint density at radius 3 is 2.74 bits per heavy atom. The second-order valence-electron chi connectivity index (χ2n) is 6.48. The highest BCUT2D eigenvalue weighted by Gasteiger charge is 2.18. The molecule has 0 atom stereocenters. The summed E-state index contributed by atoms with van der Waals surface area (Å²) in [5, 5.41) is 1.64. The van der Waals surface area contributed by atoms with Crippen molar-refractivity contribution in [2.24, 2.45) is 5.73 Å². The number of carbonyl (C=O) groups is 1. The molecule has 3 nitrogen and oxygen atoms in total. The van der Waals surface area contributed by atoms with Crippen LogP contribution in [0.4, 0.5) is 4.39 Å². The van der Waals surface area contributed by atoms with E-state index in [1.807, 2.05) is 16.7 Å². The second kappa shape index (κ2) is 6.71. The quantitative estimate of drug-likeness (QED) is 0.527. The third-order valence-corrected chi connectivity index (χ3v) is 5.18. The number of primary amides is 1. The zero-order valence-corrected chi connectivity index (χ0v) is 15.5. The van der Waals surface area contributed by atoms with Crippen LogP contribution >= 0.6 is 11.6 Å². The average molecular weight is 380 g/mol. The van der Waals surface area contributed by atoms with Gasteiger partial charge in [0, 0.05) is 21.9 Å². The predicted octanol–water partition coefficient (Wildman–Crippen LogP) is 5.10. The van der Waals surface area contributed by atoms with E-state index in [1.165, 1.54) is 6.07 Å². The first-order valence-corrected chi connectivity index (χ1v) is 9.07. The molecule has 4 rings (SSSR count). The van der Waals surface area contributed by atoms with Gasteiger partial charge in [0.25, 0.3) is 0 Å². The van der Waals surface area contributed by atoms with E-state index in [2.05, 4.69) is 19.1 Å². The maximum Gasteiger partial charge on any atom is 0.249 e. The van der Waals surface area contributed by atoms with Crippen LogP contribution in [0.1, 0.15) is 28.4 Å². The van der Waals surface area contributed by atoms with Crippen LogP contribution in [-0.2, 0) is 13.0 Å². The largest absolute Gasteiger partial charge is 0.366 e. The van der Waals surface area contributed by atoms with Crippen LogP contribution in [0.5, 0.6) is 0 Å². The first-order valence-electron chi connectivity index (χ1n) is 8.69. The molecule has 1 radical (unpaired) electrons. The fraction of sp³-hybridized carbons (Fsp3) is 0.136. The lowest BCUT2D eigenvalue weighted by Gasteiger charge is -2.10. The Balaban J connectivity index is 2.06. The fourth-order valence-electron chi connectivity index (χ4n) is 3.52. The van der Waals surface area contributed by atoms with Gasteiger partial charge in [-0.25, -0.2) is 4.39 Å². The molecule has 0 fully saturated rings. The summed E-state index contributed by atoms with van der Waals surface area (Å²) in [7, 11) is 0. The van der Waals surface area contributed by atoms with Crippen molar-refractivity contribution in [3.8, 4) is 0 Å². The van der Waals surface area contributed by atoms with Crippen molar-refractivity contribution in [2.45, 2.75) is 19.9 Å². The molecule has 1 amide bonds. The number of carbonyl (C=O) groups excluding carboxylic acids is 1. The number of fused-ring (bicyclic) bond motifs is 3. The lowest BCUT2D eigenvalue weighted by Crippen LogP contribution is -2.11. The van der Waals surface area contributed by atoms with E-state index >= 15 is 0 Å². The normalized spacial score (nSPS) is 11.4. The Labute approximate surface area is 161 Å². The van der Waals surface area contributed by atoms with Crippen molar-refractivity contribution < 1.29 is 9.18 Å². The van der Waals surface area contributed by atoms with Crippen molar-refractivity contribution in [3.63, 3.8) is 0 Å². The smallest absolute Gasteiger partial charge is 0.249 e. The van der Waals surface area contributed by atoms with E-state index < -0.39 is 11.7 Å². The summed E-state index contributed by atoms with van der Waals surface area (Å²) in [6, 6.07) is 17.6. The minimum absolute atomic E-state index is 0.0897. The molecule has 0 aliphatic heterocycles. The van der Waals surface area contributed by atoms with Crippen LogP contribution in [0.2, 0.25) is 5.02 Å². The average Bonchev–Trinajstić information content (AvgIpc) is 2.98. The van der Waals surface area contributed by atoms with E-state index in [9.17, 15) is 9.18 Å². The summed E-state index contributed by atoms with van der Waals surface area (Å²) in [6.07, 6.45) is 0.849. The van der Waals surface area contributed by atoms with Gasteiger partial charge in [0.15, 0.2) is 0 Å². The molecule has 0 bridgehead atoms. The van der Waals surface area contributed by atoms with Gasteiger partial charge >= 0.3 is 0 Å². The lowest BCUT2D eigenvalue weighted by atomic mass is 10.0. The van der Waals surface area contributed by atoms with E-state index in [4.69, 9.17) is 17.3 Å². The van der Waals surface area contributed by atoms with Gasteiger partial charge in [0.05, 0.1) is 22.6 Å². The van der Waals surface area contributed by atoms with Gasteiger partial charge in [-0.3, -0.25) is 4.79 Å². The van der Waals surface area contributed by atoms with Crippen LogP contribution < -0.4 is 5.73 Å². The maximum atomic E-state index is 14.5. The molecule has 1 aromatic heterocycles. The number of aromatic nitrogens is 1. The van der Waals surface area contributed by atoms with Gasteiger partial charge in [0.1, 0.15) is 5.82 Å². The maximum absolute atomic E-state index is 14.5. The SMILES string of the molecule is CCc1c[c]c2c3c(C(N)=O)cccc3n(Cc3cccc(Cl)c3F)c2c1. The minimum Gasteiger partial charge on any atom is -0.366 e. The number of rotatable bonds is 4. The van der Waals surface area contributed by atoms with Crippen LogP contribution in [-0.4, -0.2) is 10.5 Å². The van der Waals surface area contributed by atoms with E-state index in [0.717, 1.165) is 33.8 Å². The molecule has 135 valence electrons. The minimum atomic E-state index is -0.499. The summed E-state index contributed by atoms with van der Waals surface area (Å²) in [4.78, 5) is 12.0. The Hall–Kier alpha value is -2.85. The standard InChI is InChI=1S/C22H17ClFN2O/c1-2-13-9-10-15-19(11-13)26(12-14-5-3-7-17(23)21(14)24)18-8-4-6-16(20(15)18)22(25)27/h3-9,11H,2,12H2,1H3,(H2,25,27). The molecule has 0 aliphatic carbocycles. The summed E-state index contributed by atoms with van der Waals surface area (Å²) in [6.45, 7) is 2.35. The molecule has 0 spiro atoms. The predicted molar refractivity (Wildman–Crippen MR) is 107 cm³/mol. The second-order valence-corrected chi connectivity index (χ2v) is 6.89. The zero-order chi connectivity index (χ0) is 19.1. The summed E-state index contributed by atoms with van der Waals surface area (Å²) < 4.78 is 16.5. The molecule has 3 aromatic carbocycles. The highest BCUT2D eigenvalue weighted by atomic mass is 35.5. The molecule has 5 heteroatoms. The number of benzene rings is 3. The topological polar surface area (TPSA) is 48.0 Å². The monoisotopic (exact) mass is 379 g/mol. The van der Waals surface area contributed by atoms with Crippen molar-refractivity contribution in [3.05, 3.63) is 82.1 Å². The molecule has 0 aliphatic rings. The molecule has 27 heavy (non-hydrogen) atoms. The third-order valence-electron chi connectivity index (χ3n) is 4.89. The number of nitrogens with two attached hydrogens (primary N) is 1. The number of halogens is 2. The van der Waals surface area contributed by atoms with Gasteiger partial charge in [-0.2, -0.15) is 0 Å². The number of amides is 1. The van der Waals surface area contributed by atoms with Gasteiger partial charge < -0.3 is 10.3 Å². The van der Waals surface area contributed by atoms with Crippen LogP contribution in [0.15, 0.2) is 48.5 Å². The molecule has 0 unspecified atom stereocenters. The van der Waals surface area contributed by atoms with Crippen molar-refractivity contribution in [2.75, 3.05) is 0 Å². The fourth-order valence-corrected chi connectivity index (χ4v) is 3.71. The first-order chi connectivity index (χ1) is 13.0. The number of hydrogen-bond acceptors (Lipinski definition) is 1. The third kappa shape index (κ3) is 2.86. The Bertz CT molecular complexity index is 1200. The van der Waals surface area contributed by atoms with Gasteiger partial charge in [0.2, 0.25) is 5.91 Å². The van der Waals surface area contributed by atoms with E-state index in [0.29, 0.717) is 11.1 Å². The Morgan fingerprint density at radius 2 is 2.00 bits per heavy atom. The van der Waals surface area contributed by atoms with E-state index in [1.54, 1.807) is 24.3 Å². The zero-order valence-electron chi connectivity index (χ0n) is 14.7. The molecule has 4 aromatic rings. The van der Waals surface area contributed by atoms with Crippen LogP contribution in [0, 0.1) is 11.9 Å². The Morgan fingerprint density at radius 1 is 1.22 bits per heavy atom. The summed E-state index contributed by atoms with van der Waals surface area (Å²) in [5.41, 5.74) is 9.31. The number of nitrogens with zero attached hydrogens (tertiary/aromatic N) is 1.